The third kappa shape index (κ3) is 4.75. The maximum atomic E-state index is 12.2. The Balaban J connectivity index is 1.90. The fourth-order valence-corrected chi connectivity index (χ4v) is 4.19. The summed E-state index contributed by atoms with van der Waals surface area (Å²) in [5.41, 5.74) is 1.02. The number of hydrogen-bond acceptors (Lipinski definition) is 7. The summed E-state index contributed by atoms with van der Waals surface area (Å²) in [6, 6.07) is 9.66. The normalized spacial score (nSPS) is 15.0. The second-order valence-corrected chi connectivity index (χ2v) is 8.26. The van der Waals surface area contributed by atoms with Gasteiger partial charge in [-0.25, -0.2) is 0 Å². The number of thiocarbonyl (C=S) groups is 1. The van der Waals surface area contributed by atoms with E-state index in [9.17, 15) is 14.9 Å². The number of carbonyl (C=O) groups excluding carboxylic acids is 1. The van der Waals surface area contributed by atoms with Gasteiger partial charge in [-0.15, -0.1) is 0 Å². The number of likely N-dealkylation sites (N-methyl/N-ethyl adjacent to an activating group) is 1. The van der Waals surface area contributed by atoms with E-state index in [0.717, 1.165) is 0 Å². The van der Waals surface area contributed by atoms with Crippen molar-refractivity contribution in [2.24, 2.45) is 0 Å². The quantitative estimate of drug-likeness (QED) is 0.245. The van der Waals surface area contributed by atoms with Gasteiger partial charge < -0.3 is 9.47 Å². The van der Waals surface area contributed by atoms with E-state index < -0.39 is 4.92 Å². The molecule has 0 radical (unpaired) electrons. The Morgan fingerprint density at radius 3 is 2.67 bits per heavy atom. The lowest BCUT2D eigenvalue weighted by Crippen LogP contribution is -2.22. The number of benzene rings is 2. The highest BCUT2D eigenvalue weighted by atomic mass is 35.5. The molecule has 1 saturated heterocycles. The van der Waals surface area contributed by atoms with Crippen LogP contribution in [0.4, 0.5) is 5.69 Å². The summed E-state index contributed by atoms with van der Waals surface area (Å²) in [4.78, 5) is 24.9. The molecule has 30 heavy (non-hydrogen) atoms. The Bertz CT molecular complexity index is 1060. The van der Waals surface area contributed by atoms with Gasteiger partial charge in [-0.3, -0.25) is 19.8 Å². The zero-order chi connectivity index (χ0) is 21.8. The van der Waals surface area contributed by atoms with Crippen molar-refractivity contribution >= 4 is 57.6 Å². The second kappa shape index (κ2) is 9.46. The lowest BCUT2D eigenvalue weighted by Gasteiger charge is -2.15. The lowest BCUT2D eigenvalue weighted by molar-refractivity contribution is -0.385. The standard InChI is InChI=1S/C20H17ClN2O5S2/c1-3-27-16-9-12(10-17-19(24)22(2)20(29)30-17)8-14(21)18(16)28-11-13-6-4-5-7-15(13)23(25)26/h4-10H,3,11H2,1-2H3/b17-10-. The van der Waals surface area contributed by atoms with Crippen molar-refractivity contribution in [1.29, 1.82) is 0 Å². The number of nitro groups is 1. The maximum absolute atomic E-state index is 12.2. The minimum atomic E-state index is -0.462. The highest BCUT2D eigenvalue weighted by Crippen LogP contribution is 2.39. The van der Waals surface area contributed by atoms with Gasteiger partial charge in [0.15, 0.2) is 11.5 Å². The van der Waals surface area contributed by atoms with Gasteiger partial charge in [-0.1, -0.05) is 47.7 Å². The zero-order valence-electron chi connectivity index (χ0n) is 16.1. The van der Waals surface area contributed by atoms with Crippen LogP contribution in [0.15, 0.2) is 41.3 Å². The number of nitro benzene ring substituents is 1. The largest absolute Gasteiger partial charge is 0.490 e. The van der Waals surface area contributed by atoms with Gasteiger partial charge in [-0.2, -0.15) is 0 Å². The molecule has 156 valence electrons. The highest BCUT2D eigenvalue weighted by molar-refractivity contribution is 8.26. The fraction of sp³-hybridized carbons (Fsp3) is 0.200. The van der Waals surface area contributed by atoms with Crippen molar-refractivity contribution in [2.45, 2.75) is 13.5 Å². The number of thioether (sulfide) groups is 1. The molecule has 1 fully saturated rings. The molecule has 0 saturated carbocycles. The number of rotatable bonds is 7. The summed E-state index contributed by atoms with van der Waals surface area (Å²) in [6.45, 7) is 2.12. The molecule has 0 bridgehead atoms. The molecule has 0 atom stereocenters. The van der Waals surface area contributed by atoms with Gasteiger partial charge in [0, 0.05) is 13.1 Å². The Hall–Kier alpha value is -2.62. The highest BCUT2D eigenvalue weighted by Gasteiger charge is 2.29. The van der Waals surface area contributed by atoms with Crippen LogP contribution in [0.1, 0.15) is 18.1 Å². The molecule has 2 aromatic carbocycles. The van der Waals surface area contributed by atoms with Crippen molar-refractivity contribution < 1.29 is 19.2 Å². The van der Waals surface area contributed by atoms with Crippen LogP contribution in [0.5, 0.6) is 11.5 Å². The van der Waals surface area contributed by atoms with Crippen LogP contribution in [0.3, 0.4) is 0 Å². The van der Waals surface area contributed by atoms with E-state index in [1.54, 1.807) is 43.5 Å². The topological polar surface area (TPSA) is 81.9 Å². The van der Waals surface area contributed by atoms with E-state index in [4.69, 9.17) is 33.3 Å². The van der Waals surface area contributed by atoms with Crippen LogP contribution in [-0.4, -0.2) is 33.7 Å². The predicted octanol–water partition coefficient (Wildman–Crippen LogP) is 5.06. The van der Waals surface area contributed by atoms with E-state index in [1.165, 1.54) is 22.7 Å². The third-order valence-electron chi connectivity index (χ3n) is 4.18. The Labute approximate surface area is 187 Å². The molecule has 7 nitrogen and oxygen atoms in total. The van der Waals surface area contributed by atoms with Crippen LogP contribution in [-0.2, 0) is 11.4 Å². The Kier molecular flexibility index (Phi) is 6.96. The van der Waals surface area contributed by atoms with Crippen LogP contribution in [0, 0.1) is 10.1 Å². The number of ether oxygens (including phenoxy) is 2. The number of halogens is 1. The summed E-state index contributed by atoms with van der Waals surface area (Å²) in [5.74, 6) is 0.467. The molecular formula is C20H17ClN2O5S2. The first kappa shape index (κ1) is 22.1. The SMILES string of the molecule is CCOc1cc(/C=C2\SC(=S)N(C)C2=O)cc(Cl)c1OCc1ccccc1[N+](=O)[O-]. The molecule has 0 N–H and O–H groups in total. The summed E-state index contributed by atoms with van der Waals surface area (Å²) >= 11 is 12.8. The van der Waals surface area contributed by atoms with E-state index in [0.29, 0.717) is 32.7 Å². The van der Waals surface area contributed by atoms with Crippen LogP contribution >= 0.6 is 35.6 Å². The maximum Gasteiger partial charge on any atom is 0.276 e. The van der Waals surface area contributed by atoms with Crippen molar-refractivity contribution in [1.82, 2.24) is 4.90 Å². The molecule has 3 rings (SSSR count). The number of hydrogen-bond donors (Lipinski definition) is 0. The van der Waals surface area contributed by atoms with Gasteiger partial charge >= 0.3 is 0 Å². The average Bonchev–Trinajstić information content (AvgIpc) is 2.94. The zero-order valence-corrected chi connectivity index (χ0v) is 18.5. The molecule has 1 amide bonds. The molecule has 1 aliphatic rings. The van der Waals surface area contributed by atoms with E-state index in [1.807, 2.05) is 6.92 Å². The van der Waals surface area contributed by atoms with Gasteiger partial charge in [0.25, 0.3) is 11.6 Å². The van der Waals surface area contributed by atoms with Gasteiger partial charge in [0.2, 0.25) is 0 Å². The van der Waals surface area contributed by atoms with E-state index >= 15 is 0 Å². The first-order valence-corrected chi connectivity index (χ1v) is 10.4. The minimum absolute atomic E-state index is 0.0372. The smallest absolute Gasteiger partial charge is 0.276 e. The van der Waals surface area contributed by atoms with Crippen LogP contribution < -0.4 is 9.47 Å². The van der Waals surface area contributed by atoms with E-state index in [-0.39, 0.29) is 29.0 Å². The van der Waals surface area contributed by atoms with Crippen LogP contribution in [0.2, 0.25) is 5.02 Å². The van der Waals surface area contributed by atoms with Crippen molar-refractivity contribution in [2.75, 3.05) is 13.7 Å². The summed E-state index contributed by atoms with van der Waals surface area (Å²) in [6.07, 6.45) is 1.68. The molecule has 10 heteroatoms. The van der Waals surface area contributed by atoms with Gasteiger partial charge in [0.1, 0.15) is 10.9 Å². The molecule has 0 aromatic heterocycles. The predicted molar refractivity (Wildman–Crippen MR) is 121 cm³/mol. The molecule has 1 aliphatic heterocycles. The van der Waals surface area contributed by atoms with Crippen LogP contribution in [0.25, 0.3) is 6.08 Å². The molecule has 0 aliphatic carbocycles. The van der Waals surface area contributed by atoms with Crippen molar-refractivity contribution in [3.8, 4) is 11.5 Å². The first-order chi connectivity index (χ1) is 14.3. The number of amides is 1. The summed E-state index contributed by atoms with van der Waals surface area (Å²) in [7, 11) is 1.62. The Morgan fingerprint density at radius 2 is 2.03 bits per heavy atom. The van der Waals surface area contributed by atoms with Gasteiger partial charge in [-0.05, 0) is 36.8 Å². The number of nitrogens with zero attached hydrogens (tertiary/aromatic N) is 2. The molecule has 1 heterocycles. The molecule has 0 spiro atoms. The Morgan fingerprint density at radius 1 is 1.30 bits per heavy atom. The molecule has 0 unspecified atom stereocenters. The molecular weight excluding hydrogens is 448 g/mol. The van der Waals surface area contributed by atoms with Crippen molar-refractivity contribution in [3.05, 3.63) is 67.6 Å². The lowest BCUT2D eigenvalue weighted by atomic mass is 10.1. The van der Waals surface area contributed by atoms with Crippen molar-refractivity contribution in [3.63, 3.8) is 0 Å². The third-order valence-corrected chi connectivity index (χ3v) is 5.94. The number of para-hydroxylation sites is 1. The first-order valence-electron chi connectivity index (χ1n) is 8.84. The minimum Gasteiger partial charge on any atom is -0.490 e. The molecule has 2 aromatic rings. The van der Waals surface area contributed by atoms with Gasteiger partial charge in [0.05, 0.1) is 27.0 Å². The number of carbonyl (C=O) groups is 1. The average molecular weight is 465 g/mol. The summed E-state index contributed by atoms with van der Waals surface area (Å²) < 4.78 is 11.9. The summed E-state index contributed by atoms with van der Waals surface area (Å²) in [5, 5.41) is 11.5. The monoisotopic (exact) mass is 464 g/mol. The van der Waals surface area contributed by atoms with E-state index in [2.05, 4.69) is 0 Å². The fourth-order valence-electron chi connectivity index (χ4n) is 2.73. The second-order valence-electron chi connectivity index (χ2n) is 6.18.